The van der Waals surface area contributed by atoms with E-state index < -0.39 is 0 Å². The highest BCUT2D eigenvalue weighted by Crippen LogP contribution is 2.26. The van der Waals surface area contributed by atoms with Crippen LogP contribution in [0.3, 0.4) is 0 Å². The fourth-order valence-electron chi connectivity index (χ4n) is 1.62. The van der Waals surface area contributed by atoms with Gasteiger partial charge in [0.25, 0.3) is 0 Å². The monoisotopic (exact) mass is 276 g/mol. The summed E-state index contributed by atoms with van der Waals surface area (Å²) < 4.78 is 11.4. The molecule has 0 radical (unpaired) electrons. The van der Waals surface area contributed by atoms with Crippen LogP contribution in [0.15, 0.2) is 18.2 Å². The number of hydrogen-bond acceptors (Lipinski definition) is 4. The molecule has 4 heteroatoms. The lowest BCUT2D eigenvalue weighted by atomic mass is 9.92. The zero-order valence-corrected chi connectivity index (χ0v) is 12.6. The van der Waals surface area contributed by atoms with Crippen LogP contribution >= 0.6 is 0 Å². The highest BCUT2D eigenvalue weighted by molar-refractivity contribution is 5.40. The molecule has 0 fully saturated rings. The number of benzene rings is 1. The summed E-state index contributed by atoms with van der Waals surface area (Å²) in [7, 11) is 0. The van der Waals surface area contributed by atoms with E-state index in [1.807, 2.05) is 32.0 Å². The zero-order valence-electron chi connectivity index (χ0n) is 12.6. The van der Waals surface area contributed by atoms with Crippen LogP contribution in [0.1, 0.15) is 39.2 Å². The third kappa shape index (κ3) is 5.10. The van der Waals surface area contributed by atoms with Crippen LogP contribution in [0, 0.1) is 16.7 Å². The quantitative estimate of drug-likeness (QED) is 0.791. The minimum atomic E-state index is -0.376. The molecule has 4 nitrogen and oxygen atoms in total. The lowest BCUT2D eigenvalue weighted by Gasteiger charge is -2.17. The molecule has 0 aliphatic rings. The van der Waals surface area contributed by atoms with Crippen LogP contribution in [0.25, 0.3) is 0 Å². The number of ether oxygens (including phenoxy) is 2. The third-order valence-corrected chi connectivity index (χ3v) is 3.02. The predicted molar refractivity (Wildman–Crippen MR) is 79.6 cm³/mol. The van der Waals surface area contributed by atoms with Crippen LogP contribution in [-0.4, -0.2) is 13.2 Å². The zero-order chi connectivity index (χ0) is 15.0. The first-order valence-corrected chi connectivity index (χ1v) is 7.02. The standard InChI is InChI=1S/C16H24N2O2/c1-4-8-19-14-6-5-13(11-17)15(10-14)20-9-7-16(2,3)12-18/h5-6,10H,4,7-9,11,17H2,1-3H3. The van der Waals surface area contributed by atoms with E-state index in [-0.39, 0.29) is 5.41 Å². The van der Waals surface area contributed by atoms with Gasteiger partial charge in [0.15, 0.2) is 0 Å². The first-order chi connectivity index (χ1) is 9.52. The third-order valence-electron chi connectivity index (χ3n) is 3.02. The van der Waals surface area contributed by atoms with Crippen LogP contribution in [0.5, 0.6) is 11.5 Å². The van der Waals surface area contributed by atoms with Gasteiger partial charge in [-0.1, -0.05) is 13.0 Å². The Hall–Kier alpha value is -1.73. The molecule has 1 aromatic carbocycles. The van der Waals surface area contributed by atoms with Gasteiger partial charge in [-0.25, -0.2) is 0 Å². The second-order valence-corrected chi connectivity index (χ2v) is 5.42. The Morgan fingerprint density at radius 3 is 2.60 bits per heavy atom. The molecule has 0 amide bonds. The van der Waals surface area contributed by atoms with Gasteiger partial charge >= 0.3 is 0 Å². The fraction of sp³-hybridized carbons (Fsp3) is 0.562. The van der Waals surface area contributed by atoms with Gasteiger partial charge in [-0.05, 0) is 32.8 Å². The highest BCUT2D eigenvalue weighted by atomic mass is 16.5. The van der Waals surface area contributed by atoms with Crippen LogP contribution in [0.4, 0.5) is 0 Å². The van der Waals surface area contributed by atoms with E-state index in [1.165, 1.54) is 0 Å². The lowest BCUT2D eigenvalue weighted by Crippen LogP contribution is -2.14. The maximum absolute atomic E-state index is 8.99. The molecule has 0 saturated carbocycles. The molecular weight excluding hydrogens is 252 g/mol. The summed E-state index contributed by atoms with van der Waals surface area (Å²) in [5, 5.41) is 8.99. The van der Waals surface area contributed by atoms with E-state index in [1.54, 1.807) is 0 Å². The van der Waals surface area contributed by atoms with Gasteiger partial charge in [0.1, 0.15) is 11.5 Å². The van der Waals surface area contributed by atoms with Crippen molar-refractivity contribution in [3.63, 3.8) is 0 Å². The number of hydrogen-bond donors (Lipinski definition) is 1. The summed E-state index contributed by atoms with van der Waals surface area (Å²) in [5.74, 6) is 1.54. The van der Waals surface area contributed by atoms with Crippen molar-refractivity contribution in [1.82, 2.24) is 0 Å². The average Bonchev–Trinajstić information content (AvgIpc) is 2.45. The molecule has 110 valence electrons. The second kappa shape index (κ2) is 7.76. The van der Waals surface area contributed by atoms with Crippen molar-refractivity contribution in [2.75, 3.05) is 13.2 Å². The molecule has 0 atom stereocenters. The molecule has 1 aromatic rings. The normalized spacial score (nSPS) is 10.9. The van der Waals surface area contributed by atoms with Gasteiger partial charge in [-0.2, -0.15) is 5.26 Å². The van der Waals surface area contributed by atoms with E-state index in [9.17, 15) is 0 Å². The molecule has 0 aliphatic heterocycles. The topological polar surface area (TPSA) is 68.3 Å². The Kier molecular flexibility index (Phi) is 6.33. The van der Waals surface area contributed by atoms with E-state index >= 15 is 0 Å². The SMILES string of the molecule is CCCOc1ccc(CN)c(OCCC(C)(C)C#N)c1. The summed E-state index contributed by atoms with van der Waals surface area (Å²) in [6, 6.07) is 7.97. The number of nitrogens with zero attached hydrogens (tertiary/aromatic N) is 1. The maximum atomic E-state index is 8.99. The Bertz CT molecular complexity index is 464. The molecule has 0 aromatic heterocycles. The van der Waals surface area contributed by atoms with Crippen molar-refractivity contribution in [3.8, 4) is 17.6 Å². The Morgan fingerprint density at radius 2 is 2.00 bits per heavy atom. The summed E-state index contributed by atoms with van der Waals surface area (Å²) in [6.45, 7) is 7.47. The van der Waals surface area contributed by atoms with Crippen LogP contribution in [-0.2, 0) is 6.54 Å². The first-order valence-electron chi connectivity index (χ1n) is 7.02. The largest absolute Gasteiger partial charge is 0.493 e. The molecule has 0 heterocycles. The Labute approximate surface area is 121 Å². The first kappa shape index (κ1) is 16.3. The number of nitrogens with two attached hydrogens (primary N) is 1. The highest BCUT2D eigenvalue weighted by Gasteiger charge is 2.16. The second-order valence-electron chi connectivity index (χ2n) is 5.42. The molecule has 0 saturated heterocycles. The van der Waals surface area contributed by atoms with Crippen molar-refractivity contribution >= 4 is 0 Å². The molecule has 2 N–H and O–H groups in total. The van der Waals surface area contributed by atoms with Gasteiger partial charge in [0, 0.05) is 18.2 Å². The van der Waals surface area contributed by atoms with Gasteiger partial charge in [0.2, 0.25) is 0 Å². The molecule has 0 aliphatic carbocycles. The van der Waals surface area contributed by atoms with Gasteiger partial charge in [-0.15, -0.1) is 0 Å². The average molecular weight is 276 g/mol. The van der Waals surface area contributed by atoms with Gasteiger partial charge in [-0.3, -0.25) is 0 Å². The Morgan fingerprint density at radius 1 is 1.25 bits per heavy atom. The minimum Gasteiger partial charge on any atom is -0.493 e. The van der Waals surface area contributed by atoms with Crippen molar-refractivity contribution in [2.24, 2.45) is 11.1 Å². The summed E-state index contributed by atoms with van der Waals surface area (Å²) >= 11 is 0. The summed E-state index contributed by atoms with van der Waals surface area (Å²) in [4.78, 5) is 0. The summed E-state index contributed by atoms with van der Waals surface area (Å²) in [5.41, 5.74) is 6.28. The van der Waals surface area contributed by atoms with E-state index in [4.69, 9.17) is 20.5 Å². The predicted octanol–water partition coefficient (Wildman–Crippen LogP) is 3.25. The molecule has 20 heavy (non-hydrogen) atoms. The van der Waals surface area contributed by atoms with E-state index in [0.717, 1.165) is 23.5 Å². The fourth-order valence-corrected chi connectivity index (χ4v) is 1.62. The molecular formula is C16H24N2O2. The van der Waals surface area contributed by atoms with Crippen LogP contribution in [0.2, 0.25) is 0 Å². The maximum Gasteiger partial charge on any atom is 0.127 e. The molecule has 0 unspecified atom stereocenters. The smallest absolute Gasteiger partial charge is 0.127 e. The van der Waals surface area contributed by atoms with Crippen molar-refractivity contribution in [1.29, 1.82) is 5.26 Å². The van der Waals surface area contributed by atoms with Gasteiger partial charge in [0.05, 0.1) is 24.7 Å². The van der Waals surface area contributed by atoms with Crippen molar-refractivity contribution in [3.05, 3.63) is 23.8 Å². The minimum absolute atomic E-state index is 0.376. The van der Waals surface area contributed by atoms with Crippen molar-refractivity contribution in [2.45, 2.75) is 40.2 Å². The summed E-state index contributed by atoms with van der Waals surface area (Å²) in [6.07, 6.45) is 1.64. The molecule has 1 rings (SSSR count). The number of nitriles is 1. The van der Waals surface area contributed by atoms with Gasteiger partial charge < -0.3 is 15.2 Å². The Balaban J connectivity index is 2.69. The van der Waals surface area contributed by atoms with E-state index in [2.05, 4.69) is 13.0 Å². The van der Waals surface area contributed by atoms with Crippen molar-refractivity contribution < 1.29 is 9.47 Å². The molecule has 0 bridgehead atoms. The lowest BCUT2D eigenvalue weighted by molar-refractivity contribution is 0.259. The van der Waals surface area contributed by atoms with E-state index in [0.29, 0.717) is 26.2 Å². The number of rotatable bonds is 8. The molecule has 0 spiro atoms. The van der Waals surface area contributed by atoms with Crippen LogP contribution < -0.4 is 15.2 Å².